The van der Waals surface area contributed by atoms with Gasteiger partial charge in [0.15, 0.2) is 0 Å². The Morgan fingerprint density at radius 1 is 1.07 bits per heavy atom. The molecule has 3 nitrogen and oxygen atoms in total. The standard InChI is InChI=1S/C21H21ClN2O.C4H8/c1-2-16-18-12-17(19(22)13-20(18)23-21(16)25)14-6-8-15(9-7-14)24-10-4-3-5-11-24;1-4(2)3/h2,6-9,12-13H,3-5,10-11H2,1H3,(H,23,25);1H2,2-3H3/b16-2-;. The summed E-state index contributed by atoms with van der Waals surface area (Å²) < 4.78 is 0. The molecule has 0 spiro atoms. The van der Waals surface area contributed by atoms with Crippen LogP contribution in [-0.4, -0.2) is 19.0 Å². The molecular weight excluding hydrogens is 380 g/mol. The molecule has 0 unspecified atom stereocenters. The highest BCUT2D eigenvalue weighted by Crippen LogP contribution is 2.40. The van der Waals surface area contributed by atoms with Gasteiger partial charge in [-0.25, -0.2) is 0 Å². The maximum atomic E-state index is 12.0. The van der Waals surface area contributed by atoms with Crippen LogP contribution in [0.25, 0.3) is 16.7 Å². The van der Waals surface area contributed by atoms with E-state index in [0.717, 1.165) is 35.5 Å². The molecule has 0 aromatic heterocycles. The third-order valence-electron chi connectivity index (χ3n) is 5.08. The lowest BCUT2D eigenvalue weighted by atomic mass is 9.98. The van der Waals surface area contributed by atoms with E-state index >= 15 is 0 Å². The Hall–Kier alpha value is -2.52. The van der Waals surface area contributed by atoms with Crippen LogP contribution in [0.3, 0.4) is 0 Å². The molecule has 2 aliphatic rings. The number of benzene rings is 2. The van der Waals surface area contributed by atoms with Crippen LogP contribution in [0, 0.1) is 0 Å². The number of fused-ring (bicyclic) bond motifs is 1. The average Bonchev–Trinajstić information content (AvgIpc) is 3.01. The highest BCUT2D eigenvalue weighted by molar-refractivity contribution is 6.36. The minimum atomic E-state index is -0.0637. The molecule has 0 atom stereocenters. The number of nitrogens with zero attached hydrogens (tertiary/aromatic N) is 1. The number of nitrogens with one attached hydrogen (secondary N) is 1. The van der Waals surface area contributed by atoms with Crippen LogP contribution in [-0.2, 0) is 4.79 Å². The average molecular weight is 409 g/mol. The summed E-state index contributed by atoms with van der Waals surface area (Å²) in [6.45, 7) is 11.7. The molecule has 2 aromatic carbocycles. The molecule has 29 heavy (non-hydrogen) atoms. The fourth-order valence-corrected chi connectivity index (χ4v) is 4.00. The lowest BCUT2D eigenvalue weighted by Crippen LogP contribution is -2.29. The topological polar surface area (TPSA) is 32.3 Å². The number of allylic oxidation sites excluding steroid dienone is 2. The molecule has 4 heteroatoms. The van der Waals surface area contributed by atoms with Crippen LogP contribution < -0.4 is 10.2 Å². The molecule has 0 bridgehead atoms. The number of amides is 1. The summed E-state index contributed by atoms with van der Waals surface area (Å²) >= 11 is 6.49. The summed E-state index contributed by atoms with van der Waals surface area (Å²) in [5.41, 5.74) is 6.89. The van der Waals surface area contributed by atoms with Gasteiger partial charge in [-0.3, -0.25) is 4.79 Å². The maximum Gasteiger partial charge on any atom is 0.256 e. The van der Waals surface area contributed by atoms with Gasteiger partial charge in [0.25, 0.3) is 5.91 Å². The van der Waals surface area contributed by atoms with Crippen molar-refractivity contribution in [2.75, 3.05) is 23.3 Å². The predicted octanol–water partition coefficient (Wildman–Crippen LogP) is 6.94. The van der Waals surface area contributed by atoms with Gasteiger partial charge < -0.3 is 10.2 Å². The molecule has 1 amide bonds. The van der Waals surface area contributed by atoms with Crippen LogP contribution in [0.5, 0.6) is 0 Å². The van der Waals surface area contributed by atoms with E-state index in [1.165, 1.54) is 30.5 Å². The number of piperidine rings is 1. The summed E-state index contributed by atoms with van der Waals surface area (Å²) in [6.07, 6.45) is 5.72. The van der Waals surface area contributed by atoms with Crippen LogP contribution in [0.4, 0.5) is 11.4 Å². The summed E-state index contributed by atoms with van der Waals surface area (Å²) in [5.74, 6) is -0.0637. The smallest absolute Gasteiger partial charge is 0.256 e. The van der Waals surface area contributed by atoms with Crippen molar-refractivity contribution in [1.82, 2.24) is 0 Å². The summed E-state index contributed by atoms with van der Waals surface area (Å²) in [5, 5.41) is 3.53. The lowest BCUT2D eigenvalue weighted by Gasteiger charge is -2.28. The zero-order chi connectivity index (χ0) is 21.0. The molecule has 0 radical (unpaired) electrons. The van der Waals surface area contributed by atoms with Crippen LogP contribution in [0.1, 0.15) is 45.6 Å². The molecule has 1 N–H and O–H groups in total. The number of carbonyl (C=O) groups excluding carboxylic acids is 1. The first-order chi connectivity index (χ1) is 13.9. The fraction of sp³-hybridized carbons (Fsp3) is 0.320. The maximum absolute atomic E-state index is 12.0. The number of anilines is 2. The van der Waals surface area contributed by atoms with Crippen molar-refractivity contribution in [3.63, 3.8) is 0 Å². The molecule has 1 saturated heterocycles. The van der Waals surface area contributed by atoms with Gasteiger partial charge in [0.2, 0.25) is 0 Å². The Morgan fingerprint density at radius 3 is 2.28 bits per heavy atom. The fourth-order valence-electron chi connectivity index (χ4n) is 3.72. The summed E-state index contributed by atoms with van der Waals surface area (Å²) in [7, 11) is 0. The highest BCUT2D eigenvalue weighted by Gasteiger charge is 2.25. The van der Waals surface area contributed by atoms with Gasteiger partial charge in [-0.15, -0.1) is 6.58 Å². The van der Waals surface area contributed by atoms with E-state index in [2.05, 4.69) is 41.1 Å². The van der Waals surface area contributed by atoms with E-state index in [-0.39, 0.29) is 5.91 Å². The van der Waals surface area contributed by atoms with E-state index in [1.54, 1.807) is 0 Å². The van der Waals surface area contributed by atoms with Crippen LogP contribution >= 0.6 is 11.6 Å². The van der Waals surface area contributed by atoms with E-state index < -0.39 is 0 Å². The Labute approximate surface area is 179 Å². The van der Waals surface area contributed by atoms with Gasteiger partial charge in [0.05, 0.1) is 10.7 Å². The van der Waals surface area contributed by atoms with Gasteiger partial charge in [0.1, 0.15) is 0 Å². The first-order valence-electron chi connectivity index (χ1n) is 10.2. The Morgan fingerprint density at radius 2 is 1.69 bits per heavy atom. The summed E-state index contributed by atoms with van der Waals surface area (Å²) in [6, 6.07) is 12.4. The van der Waals surface area contributed by atoms with Gasteiger partial charge in [-0.1, -0.05) is 35.4 Å². The quantitative estimate of drug-likeness (QED) is 0.431. The van der Waals surface area contributed by atoms with E-state index in [4.69, 9.17) is 11.6 Å². The molecule has 152 valence electrons. The lowest BCUT2D eigenvalue weighted by molar-refractivity contribution is -0.110. The van der Waals surface area contributed by atoms with Crippen molar-refractivity contribution in [3.05, 3.63) is 65.2 Å². The third kappa shape index (κ3) is 4.91. The number of halogens is 1. The number of hydrogen-bond donors (Lipinski definition) is 1. The van der Waals surface area contributed by atoms with Crippen molar-refractivity contribution in [2.24, 2.45) is 0 Å². The molecule has 1 fully saturated rings. The largest absolute Gasteiger partial charge is 0.372 e. The van der Waals surface area contributed by atoms with Crippen molar-refractivity contribution in [3.8, 4) is 11.1 Å². The Bertz CT molecular complexity index is 934. The van der Waals surface area contributed by atoms with Crippen molar-refractivity contribution in [1.29, 1.82) is 0 Å². The normalized spacial score (nSPS) is 16.8. The molecule has 2 aromatic rings. The van der Waals surface area contributed by atoms with Crippen LogP contribution in [0.15, 0.2) is 54.6 Å². The molecule has 4 rings (SSSR count). The minimum Gasteiger partial charge on any atom is -0.372 e. The molecule has 0 saturated carbocycles. The van der Waals surface area contributed by atoms with Crippen molar-refractivity contribution in [2.45, 2.75) is 40.0 Å². The predicted molar refractivity (Wildman–Crippen MR) is 126 cm³/mol. The van der Waals surface area contributed by atoms with Crippen molar-refractivity contribution < 1.29 is 4.79 Å². The third-order valence-corrected chi connectivity index (χ3v) is 5.39. The molecule has 0 aliphatic carbocycles. The van der Waals surface area contributed by atoms with Gasteiger partial charge in [0, 0.05) is 35.5 Å². The van der Waals surface area contributed by atoms with E-state index in [0.29, 0.717) is 10.6 Å². The van der Waals surface area contributed by atoms with Gasteiger partial charge >= 0.3 is 0 Å². The van der Waals surface area contributed by atoms with E-state index in [1.807, 2.05) is 39.0 Å². The first kappa shape index (κ1) is 21.2. The number of rotatable bonds is 2. The zero-order valence-corrected chi connectivity index (χ0v) is 18.3. The molecule has 2 heterocycles. The SMILES string of the molecule is C/C=C1\C(=O)Nc2cc(Cl)c(-c3ccc(N4CCCCC4)cc3)cc21.C=C(C)C. The number of hydrogen-bond acceptors (Lipinski definition) is 2. The molecular formula is C25H29ClN2O. The van der Waals surface area contributed by atoms with E-state index in [9.17, 15) is 4.79 Å². The van der Waals surface area contributed by atoms with Gasteiger partial charge in [-0.05, 0) is 69.9 Å². The minimum absolute atomic E-state index is 0.0637. The second-order valence-electron chi connectivity index (χ2n) is 7.84. The second kappa shape index (κ2) is 9.32. The van der Waals surface area contributed by atoms with Crippen LogP contribution in [0.2, 0.25) is 5.02 Å². The second-order valence-corrected chi connectivity index (χ2v) is 8.24. The Balaban J connectivity index is 0.000000552. The Kier molecular flexibility index (Phi) is 6.81. The highest BCUT2D eigenvalue weighted by atomic mass is 35.5. The first-order valence-corrected chi connectivity index (χ1v) is 10.6. The van der Waals surface area contributed by atoms with Crippen molar-refractivity contribution >= 4 is 34.5 Å². The number of carbonyl (C=O) groups is 1. The summed E-state index contributed by atoms with van der Waals surface area (Å²) in [4.78, 5) is 14.5. The monoisotopic (exact) mass is 408 g/mol. The van der Waals surface area contributed by atoms with Gasteiger partial charge in [-0.2, -0.15) is 0 Å². The molecule has 2 aliphatic heterocycles. The zero-order valence-electron chi connectivity index (χ0n) is 17.5.